The maximum Gasteiger partial charge on any atom is 0.0594 e. The third-order valence-electron chi connectivity index (χ3n) is 5.34. The first-order valence-electron chi connectivity index (χ1n) is 8.42. The summed E-state index contributed by atoms with van der Waals surface area (Å²) >= 11 is 0. The van der Waals surface area contributed by atoms with Crippen LogP contribution in [0.4, 0.5) is 0 Å². The summed E-state index contributed by atoms with van der Waals surface area (Å²) < 4.78 is 5.39. The molecule has 1 aromatic rings. The van der Waals surface area contributed by atoms with Crippen LogP contribution in [0, 0.1) is 0 Å². The van der Waals surface area contributed by atoms with E-state index >= 15 is 0 Å². The third kappa shape index (κ3) is 3.47. The van der Waals surface area contributed by atoms with E-state index in [1.807, 2.05) is 0 Å². The van der Waals surface area contributed by atoms with Crippen molar-refractivity contribution in [3.05, 3.63) is 35.4 Å². The van der Waals surface area contributed by atoms with Gasteiger partial charge in [-0.15, -0.1) is 0 Å². The average Bonchev–Trinajstić information content (AvgIpc) is 3.05. The van der Waals surface area contributed by atoms with Gasteiger partial charge in [-0.2, -0.15) is 0 Å². The van der Waals surface area contributed by atoms with Crippen molar-refractivity contribution in [1.82, 2.24) is 4.90 Å². The first-order valence-corrected chi connectivity index (χ1v) is 8.42. The summed E-state index contributed by atoms with van der Waals surface area (Å²) in [6, 6.07) is 9.27. The highest BCUT2D eigenvalue weighted by Gasteiger charge is 2.33. The van der Waals surface area contributed by atoms with Gasteiger partial charge in [-0.25, -0.2) is 0 Å². The summed E-state index contributed by atoms with van der Waals surface area (Å²) in [5.74, 6) is 0. The molecule has 2 N–H and O–H groups in total. The van der Waals surface area contributed by atoms with Crippen molar-refractivity contribution in [2.45, 2.75) is 37.5 Å². The molecule has 2 fully saturated rings. The van der Waals surface area contributed by atoms with Gasteiger partial charge in [-0.05, 0) is 30.4 Å². The quantitative estimate of drug-likeness (QED) is 0.904. The summed E-state index contributed by atoms with van der Waals surface area (Å²) in [6.45, 7) is 5.86. The molecular formula is C18H28N2O. The van der Waals surface area contributed by atoms with E-state index in [1.54, 1.807) is 0 Å². The molecule has 116 valence electrons. The number of rotatable bonds is 5. The van der Waals surface area contributed by atoms with Crippen molar-refractivity contribution < 1.29 is 4.74 Å². The van der Waals surface area contributed by atoms with Gasteiger partial charge < -0.3 is 10.5 Å². The monoisotopic (exact) mass is 288 g/mol. The fourth-order valence-electron chi connectivity index (χ4n) is 3.80. The molecule has 0 atom stereocenters. The molecule has 3 rings (SSSR count). The van der Waals surface area contributed by atoms with Gasteiger partial charge in [0.2, 0.25) is 0 Å². The number of morpholine rings is 1. The van der Waals surface area contributed by atoms with Crippen molar-refractivity contribution >= 4 is 0 Å². The van der Waals surface area contributed by atoms with Gasteiger partial charge in [0.1, 0.15) is 0 Å². The minimum atomic E-state index is 0.267. The van der Waals surface area contributed by atoms with Crippen LogP contribution in [-0.2, 0) is 16.6 Å². The van der Waals surface area contributed by atoms with E-state index in [0.717, 1.165) is 45.8 Å². The van der Waals surface area contributed by atoms with Gasteiger partial charge in [0, 0.05) is 31.6 Å². The van der Waals surface area contributed by atoms with Crippen LogP contribution < -0.4 is 5.73 Å². The van der Waals surface area contributed by atoms with Gasteiger partial charge in [-0.1, -0.05) is 37.1 Å². The lowest BCUT2D eigenvalue weighted by Crippen LogP contribution is -2.37. The Morgan fingerprint density at radius 2 is 1.71 bits per heavy atom. The SMILES string of the molecule is NCC1(c2ccc(CCN3CCOCC3)cc2)CCCC1. The second-order valence-electron chi connectivity index (χ2n) is 6.59. The Morgan fingerprint density at radius 3 is 2.33 bits per heavy atom. The van der Waals surface area contributed by atoms with Crippen LogP contribution in [-0.4, -0.2) is 44.3 Å². The molecule has 3 nitrogen and oxygen atoms in total. The molecule has 1 heterocycles. The van der Waals surface area contributed by atoms with Crippen LogP contribution in [0.25, 0.3) is 0 Å². The molecule has 0 aromatic heterocycles. The first-order chi connectivity index (χ1) is 10.3. The smallest absolute Gasteiger partial charge is 0.0594 e. The zero-order chi connectivity index (χ0) is 14.5. The Morgan fingerprint density at radius 1 is 1.05 bits per heavy atom. The topological polar surface area (TPSA) is 38.5 Å². The van der Waals surface area contributed by atoms with Crippen molar-refractivity contribution in [3.8, 4) is 0 Å². The number of hydrogen-bond acceptors (Lipinski definition) is 3. The van der Waals surface area contributed by atoms with E-state index in [1.165, 1.54) is 36.8 Å². The Hall–Kier alpha value is -0.900. The molecule has 0 unspecified atom stereocenters. The Balaban J connectivity index is 1.58. The van der Waals surface area contributed by atoms with E-state index < -0.39 is 0 Å². The van der Waals surface area contributed by atoms with Crippen molar-refractivity contribution in [1.29, 1.82) is 0 Å². The molecule has 0 radical (unpaired) electrons. The Bertz CT molecular complexity index is 431. The molecule has 1 aliphatic carbocycles. The highest BCUT2D eigenvalue weighted by atomic mass is 16.5. The number of benzene rings is 1. The maximum absolute atomic E-state index is 6.08. The van der Waals surface area contributed by atoms with Crippen LogP contribution in [0.3, 0.4) is 0 Å². The molecule has 0 bridgehead atoms. The molecule has 0 spiro atoms. The molecule has 1 saturated carbocycles. The summed E-state index contributed by atoms with van der Waals surface area (Å²) in [5, 5.41) is 0. The second kappa shape index (κ2) is 6.91. The zero-order valence-corrected chi connectivity index (χ0v) is 13.0. The molecule has 21 heavy (non-hydrogen) atoms. The van der Waals surface area contributed by atoms with E-state index in [9.17, 15) is 0 Å². The lowest BCUT2D eigenvalue weighted by atomic mass is 9.79. The normalized spacial score (nSPS) is 22.5. The molecule has 2 aliphatic rings. The Kier molecular flexibility index (Phi) is 4.94. The predicted octanol–water partition coefficient (Wildman–Crippen LogP) is 2.33. The van der Waals surface area contributed by atoms with Crippen LogP contribution >= 0.6 is 0 Å². The van der Waals surface area contributed by atoms with E-state index in [0.29, 0.717) is 0 Å². The number of ether oxygens (including phenoxy) is 1. The highest BCUT2D eigenvalue weighted by Crippen LogP contribution is 2.40. The molecule has 1 saturated heterocycles. The van der Waals surface area contributed by atoms with Gasteiger partial charge >= 0.3 is 0 Å². The zero-order valence-electron chi connectivity index (χ0n) is 13.0. The van der Waals surface area contributed by atoms with Gasteiger partial charge in [0.05, 0.1) is 13.2 Å². The summed E-state index contributed by atoms with van der Waals surface area (Å²) in [5.41, 5.74) is 9.24. The minimum Gasteiger partial charge on any atom is -0.379 e. The second-order valence-corrected chi connectivity index (χ2v) is 6.59. The van der Waals surface area contributed by atoms with Crippen LogP contribution in [0.5, 0.6) is 0 Å². The standard InChI is InChI=1S/C18H28N2O/c19-15-18(8-1-2-9-18)17-5-3-16(4-6-17)7-10-20-11-13-21-14-12-20/h3-6H,1-2,7-15,19H2. The molecule has 0 amide bonds. The largest absolute Gasteiger partial charge is 0.379 e. The van der Waals surface area contributed by atoms with Gasteiger partial charge in [0.25, 0.3) is 0 Å². The fourth-order valence-corrected chi connectivity index (χ4v) is 3.80. The lowest BCUT2D eigenvalue weighted by molar-refractivity contribution is 0.0384. The van der Waals surface area contributed by atoms with Crippen molar-refractivity contribution in [3.63, 3.8) is 0 Å². The van der Waals surface area contributed by atoms with Crippen LogP contribution in [0.1, 0.15) is 36.8 Å². The Labute approximate surface area is 128 Å². The number of nitrogens with two attached hydrogens (primary N) is 1. The predicted molar refractivity (Wildman–Crippen MR) is 86.6 cm³/mol. The summed E-state index contributed by atoms with van der Waals surface area (Å²) in [6.07, 6.45) is 6.31. The molecule has 3 heteroatoms. The van der Waals surface area contributed by atoms with Crippen molar-refractivity contribution in [2.24, 2.45) is 5.73 Å². The third-order valence-corrected chi connectivity index (χ3v) is 5.34. The minimum absolute atomic E-state index is 0.267. The average molecular weight is 288 g/mol. The van der Waals surface area contributed by atoms with Gasteiger partial charge in [-0.3, -0.25) is 4.90 Å². The van der Waals surface area contributed by atoms with Crippen LogP contribution in [0.2, 0.25) is 0 Å². The molecule has 1 aliphatic heterocycles. The first kappa shape index (κ1) is 15.0. The summed E-state index contributed by atoms with van der Waals surface area (Å²) in [4.78, 5) is 2.50. The molecular weight excluding hydrogens is 260 g/mol. The van der Waals surface area contributed by atoms with E-state index in [2.05, 4.69) is 29.2 Å². The fraction of sp³-hybridized carbons (Fsp3) is 0.667. The highest BCUT2D eigenvalue weighted by molar-refractivity contribution is 5.31. The van der Waals surface area contributed by atoms with Crippen LogP contribution in [0.15, 0.2) is 24.3 Å². The number of hydrogen-bond donors (Lipinski definition) is 1. The number of nitrogens with zero attached hydrogens (tertiary/aromatic N) is 1. The summed E-state index contributed by atoms with van der Waals surface area (Å²) in [7, 11) is 0. The van der Waals surface area contributed by atoms with E-state index in [4.69, 9.17) is 10.5 Å². The van der Waals surface area contributed by atoms with Crippen molar-refractivity contribution in [2.75, 3.05) is 39.4 Å². The lowest BCUT2D eigenvalue weighted by Gasteiger charge is -2.28. The van der Waals surface area contributed by atoms with Gasteiger partial charge in [0.15, 0.2) is 0 Å². The maximum atomic E-state index is 6.08. The van der Waals surface area contributed by atoms with E-state index in [-0.39, 0.29) is 5.41 Å². The molecule has 1 aromatic carbocycles.